The first-order chi connectivity index (χ1) is 13.0. The molecule has 1 fully saturated rings. The Morgan fingerprint density at radius 3 is 2.57 bits per heavy atom. The van der Waals surface area contributed by atoms with E-state index in [-0.39, 0.29) is 47.9 Å². The maximum Gasteiger partial charge on any atom is 1.00 e. The van der Waals surface area contributed by atoms with E-state index in [1.807, 2.05) is 6.07 Å². The Hall–Kier alpha value is -1.50. The van der Waals surface area contributed by atoms with Crippen LogP contribution < -0.4 is 39.0 Å². The molecule has 0 bridgehead atoms. The average Bonchev–Trinajstić information content (AvgIpc) is 2.65. The van der Waals surface area contributed by atoms with E-state index in [0.29, 0.717) is 24.5 Å². The molecule has 7 heteroatoms. The number of carboxylic acids is 1. The summed E-state index contributed by atoms with van der Waals surface area (Å²) in [4.78, 5) is 22.6. The second-order valence-electron chi connectivity index (χ2n) is 6.97. The monoisotopic (exact) mass is 397 g/mol. The maximum absolute atomic E-state index is 12.1. The van der Waals surface area contributed by atoms with E-state index in [4.69, 9.17) is 14.6 Å². The first-order valence-electron chi connectivity index (χ1n) is 9.43. The minimum atomic E-state index is -0.844. The Kier molecular flexibility index (Phi) is 11.3. The molecule has 0 aliphatic heterocycles. The van der Waals surface area contributed by atoms with Gasteiger partial charge in [-0.3, -0.25) is 4.79 Å². The van der Waals surface area contributed by atoms with Gasteiger partial charge in [0.15, 0.2) is 11.5 Å². The molecule has 1 saturated carbocycles. The molecule has 1 aromatic rings. The molecule has 0 saturated heterocycles. The second kappa shape index (κ2) is 12.9. The number of nitrogens with zero attached hydrogens (tertiary/aromatic N) is 1. The second-order valence-corrected chi connectivity index (χ2v) is 6.97. The summed E-state index contributed by atoms with van der Waals surface area (Å²) in [6.45, 7) is 2.54. The predicted molar refractivity (Wildman–Crippen MR) is 104 cm³/mol. The number of rotatable bonds is 9. The molecule has 6 nitrogen and oxygen atoms in total. The number of hydrogen-bond acceptors (Lipinski definition) is 4. The molecule has 0 aromatic heterocycles. The summed E-state index contributed by atoms with van der Waals surface area (Å²) in [6, 6.07) is 5.50. The van der Waals surface area contributed by atoms with Crippen molar-refractivity contribution >= 4 is 18.0 Å². The van der Waals surface area contributed by atoms with Gasteiger partial charge in [0.25, 0.3) is 0 Å². The first-order valence-corrected chi connectivity index (χ1v) is 9.43. The summed E-state index contributed by atoms with van der Waals surface area (Å²) in [5, 5.41) is 12.9. The van der Waals surface area contributed by atoms with Crippen LogP contribution in [0.4, 0.5) is 0 Å². The molecule has 1 amide bonds. The van der Waals surface area contributed by atoms with E-state index >= 15 is 0 Å². The van der Waals surface area contributed by atoms with Crippen LogP contribution in [0, 0.1) is 5.92 Å². The fourth-order valence-corrected chi connectivity index (χ4v) is 3.07. The molecule has 1 N–H and O–H groups in total. The van der Waals surface area contributed by atoms with Crippen molar-refractivity contribution in [1.82, 2.24) is 0 Å². The van der Waals surface area contributed by atoms with Crippen LogP contribution in [-0.4, -0.2) is 36.7 Å². The molecule has 0 spiro atoms. The van der Waals surface area contributed by atoms with E-state index in [1.54, 1.807) is 18.2 Å². The van der Waals surface area contributed by atoms with Crippen molar-refractivity contribution in [2.24, 2.45) is 5.92 Å². The number of benzene rings is 1. The van der Waals surface area contributed by atoms with Crippen LogP contribution in [0.2, 0.25) is 0 Å². The Morgan fingerprint density at radius 2 is 1.93 bits per heavy atom. The summed E-state index contributed by atoms with van der Waals surface area (Å²) in [6.07, 6.45) is 7.94. The van der Waals surface area contributed by atoms with Crippen molar-refractivity contribution in [3.63, 3.8) is 0 Å². The van der Waals surface area contributed by atoms with E-state index in [0.717, 1.165) is 37.2 Å². The third-order valence-corrected chi connectivity index (χ3v) is 4.69. The first kappa shape index (κ1) is 24.5. The van der Waals surface area contributed by atoms with Gasteiger partial charge >= 0.3 is 35.5 Å². The van der Waals surface area contributed by atoms with Crippen LogP contribution in [0.15, 0.2) is 24.3 Å². The molecule has 0 heterocycles. The summed E-state index contributed by atoms with van der Waals surface area (Å²) >= 11 is 0. The van der Waals surface area contributed by atoms with Crippen LogP contribution in [-0.2, 0) is 9.59 Å². The molecule has 0 radical (unpaired) electrons. The Labute approximate surface area is 189 Å². The molecule has 1 aliphatic rings. The van der Waals surface area contributed by atoms with Gasteiger partial charge in [-0.15, -0.1) is 6.04 Å². The Bertz CT molecular complexity index is 669. The number of ether oxygens (including phenoxy) is 2. The quantitative estimate of drug-likeness (QED) is 0.387. The van der Waals surface area contributed by atoms with Gasteiger partial charge in [-0.1, -0.05) is 44.7 Å². The van der Waals surface area contributed by atoms with Gasteiger partial charge in [0, 0.05) is 6.42 Å². The van der Waals surface area contributed by atoms with Gasteiger partial charge in [-0.05, 0) is 36.1 Å². The van der Waals surface area contributed by atoms with Crippen molar-refractivity contribution in [2.45, 2.75) is 51.5 Å². The number of carbonyl (C=O) groups excluding carboxylic acids is 1. The van der Waals surface area contributed by atoms with Crippen molar-refractivity contribution in [1.29, 1.82) is 0 Å². The van der Waals surface area contributed by atoms with Crippen LogP contribution in [0.5, 0.6) is 11.5 Å². The molecule has 1 aliphatic carbocycles. The smallest absolute Gasteiger partial charge is 0.647 e. The van der Waals surface area contributed by atoms with Gasteiger partial charge < -0.3 is 24.7 Å². The van der Waals surface area contributed by atoms with E-state index in [1.165, 1.54) is 13.2 Å². The number of carboxylic acid groups (broad SMARTS) is 1. The minimum Gasteiger partial charge on any atom is -0.647 e. The van der Waals surface area contributed by atoms with Gasteiger partial charge in [-0.2, -0.15) is 0 Å². The molecule has 2 rings (SSSR count). The largest absolute Gasteiger partial charge is 1.00 e. The number of carbonyl (C=O) groups is 2. The molecular weight excluding hydrogens is 369 g/mol. The summed E-state index contributed by atoms with van der Waals surface area (Å²) in [7, 11) is 1.54. The fourth-order valence-electron chi connectivity index (χ4n) is 3.07. The molecular formula is C21H28NNaO5. The van der Waals surface area contributed by atoms with Gasteiger partial charge in [0.1, 0.15) is 0 Å². The summed E-state index contributed by atoms with van der Waals surface area (Å²) in [5.74, 6) is 0.774. The van der Waals surface area contributed by atoms with Crippen molar-refractivity contribution < 1.29 is 53.7 Å². The third-order valence-electron chi connectivity index (χ3n) is 4.69. The third kappa shape index (κ3) is 8.67. The molecule has 1 aromatic carbocycles. The summed E-state index contributed by atoms with van der Waals surface area (Å²) < 4.78 is 10.9. The molecule has 148 valence electrons. The summed E-state index contributed by atoms with van der Waals surface area (Å²) in [5.41, 5.74) is 0.811. The zero-order valence-electron chi connectivity index (χ0n) is 17.0. The molecule has 28 heavy (non-hydrogen) atoms. The Morgan fingerprint density at radius 1 is 1.21 bits per heavy atom. The Balaban J connectivity index is 0.00000392. The normalized spacial score (nSPS) is 18.9. The van der Waals surface area contributed by atoms with Gasteiger partial charge in [0.05, 0.1) is 19.6 Å². The SMILES string of the molecule is COc1cc(C=CC(=O)[N-]C2CCC(C)CC2)ccc1OCCCC(=O)O.[Na+]. The zero-order chi connectivity index (χ0) is 19.6. The van der Waals surface area contributed by atoms with Gasteiger partial charge in [-0.25, -0.2) is 0 Å². The van der Waals surface area contributed by atoms with Crippen molar-refractivity contribution in [3.8, 4) is 11.5 Å². The van der Waals surface area contributed by atoms with Crippen LogP contribution in [0.25, 0.3) is 11.4 Å². The van der Waals surface area contributed by atoms with Crippen LogP contribution in [0.1, 0.15) is 51.0 Å². The number of aliphatic carboxylic acids is 1. The van der Waals surface area contributed by atoms with Crippen LogP contribution in [0.3, 0.4) is 0 Å². The standard InChI is InChI=1S/C21H29NO5.Na/c1-15-5-9-17(10-6-15)22-20(23)12-8-16-7-11-18(19(14-16)26-2)27-13-3-4-21(24)25;/h7-8,11-12,14-15,17H,3-6,9-10,13H2,1-2H3,(H2,22,23,24,25);/q;+1/p-1. The van der Waals surface area contributed by atoms with E-state index in [2.05, 4.69) is 12.2 Å². The minimum absolute atomic E-state index is 0. The average molecular weight is 397 g/mol. The molecule has 0 atom stereocenters. The van der Waals surface area contributed by atoms with Crippen molar-refractivity contribution in [3.05, 3.63) is 35.2 Å². The number of amides is 1. The zero-order valence-corrected chi connectivity index (χ0v) is 19.0. The fraction of sp³-hybridized carbons (Fsp3) is 0.524. The topological polar surface area (TPSA) is 86.9 Å². The van der Waals surface area contributed by atoms with Gasteiger partial charge in [0.2, 0.25) is 0 Å². The van der Waals surface area contributed by atoms with Crippen LogP contribution >= 0.6 is 0 Å². The van der Waals surface area contributed by atoms with E-state index < -0.39 is 5.97 Å². The van der Waals surface area contributed by atoms with Crippen molar-refractivity contribution in [2.75, 3.05) is 13.7 Å². The van der Waals surface area contributed by atoms with E-state index in [9.17, 15) is 9.59 Å². The number of hydrogen-bond donors (Lipinski definition) is 1. The predicted octanol–water partition coefficient (Wildman–Crippen LogP) is 1.43. The molecule has 0 unspecified atom stereocenters. The maximum atomic E-state index is 12.1. The number of methoxy groups -OCH3 is 1.